The van der Waals surface area contributed by atoms with Crippen LogP contribution in [0.1, 0.15) is 28.9 Å². The fraction of sp³-hybridized carbons (Fsp3) is 0.188. The lowest BCUT2D eigenvalue weighted by atomic mass is 10.1. The van der Waals surface area contributed by atoms with Crippen LogP contribution in [0.25, 0.3) is 0 Å². The molecule has 2 aromatic carbocycles. The topological polar surface area (TPSA) is 64.3 Å². The number of anilines is 1. The second-order valence-electron chi connectivity index (χ2n) is 4.68. The third kappa shape index (κ3) is 3.31. The van der Waals surface area contributed by atoms with E-state index >= 15 is 0 Å². The first kappa shape index (κ1) is 14.8. The molecule has 0 bridgehead atoms. The van der Waals surface area contributed by atoms with Gasteiger partial charge in [-0.15, -0.1) is 0 Å². The molecule has 0 fully saturated rings. The van der Waals surface area contributed by atoms with Gasteiger partial charge >= 0.3 is 0 Å². The van der Waals surface area contributed by atoms with Crippen LogP contribution in [-0.2, 0) is 0 Å². The van der Waals surface area contributed by atoms with Crippen LogP contribution in [0.3, 0.4) is 0 Å². The lowest BCUT2D eigenvalue weighted by molar-refractivity contribution is 0.0936. The Labute approximate surface area is 122 Å². The summed E-state index contributed by atoms with van der Waals surface area (Å²) < 4.78 is 18.8. The van der Waals surface area contributed by atoms with Gasteiger partial charge in [0, 0.05) is 17.3 Å². The number of benzene rings is 2. The van der Waals surface area contributed by atoms with E-state index in [0.29, 0.717) is 22.6 Å². The number of carbonyl (C=O) groups excluding carboxylic acids is 1. The van der Waals surface area contributed by atoms with Gasteiger partial charge in [0.15, 0.2) is 0 Å². The molecule has 0 aliphatic rings. The molecule has 0 spiro atoms. The van der Waals surface area contributed by atoms with Crippen LogP contribution in [-0.4, -0.2) is 13.0 Å². The molecule has 2 aromatic rings. The Morgan fingerprint density at radius 3 is 2.67 bits per heavy atom. The maximum atomic E-state index is 13.7. The first-order chi connectivity index (χ1) is 10.0. The molecule has 1 unspecified atom stereocenters. The highest BCUT2D eigenvalue weighted by molar-refractivity contribution is 5.97. The molecule has 0 radical (unpaired) electrons. The number of ether oxygens (including phenoxy) is 1. The predicted molar refractivity (Wildman–Crippen MR) is 79.7 cm³/mol. The van der Waals surface area contributed by atoms with Gasteiger partial charge in [0.05, 0.1) is 18.7 Å². The van der Waals surface area contributed by atoms with E-state index in [0.717, 1.165) is 0 Å². The number of hydrogen-bond donors (Lipinski definition) is 2. The molecule has 4 nitrogen and oxygen atoms in total. The van der Waals surface area contributed by atoms with Gasteiger partial charge in [0.1, 0.15) is 11.6 Å². The van der Waals surface area contributed by atoms with Crippen molar-refractivity contribution in [1.29, 1.82) is 0 Å². The first-order valence-corrected chi connectivity index (χ1v) is 6.51. The summed E-state index contributed by atoms with van der Waals surface area (Å²) in [5, 5.41) is 2.75. The number of carbonyl (C=O) groups is 1. The van der Waals surface area contributed by atoms with Gasteiger partial charge in [0.25, 0.3) is 5.91 Å². The van der Waals surface area contributed by atoms with Crippen molar-refractivity contribution in [2.45, 2.75) is 13.0 Å². The van der Waals surface area contributed by atoms with Gasteiger partial charge in [-0.1, -0.05) is 18.2 Å². The quantitative estimate of drug-likeness (QED) is 0.850. The lowest BCUT2D eigenvalue weighted by Gasteiger charge is -2.16. The molecule has 0 heterocycles. The van der Waals surface area contributed by atoms with E-state index in [1.54, 1.807) is 43.3 Å². The predicted octanol–water partition coefficient (Wildman–Crippen LogP) is 2.91. The molecule has 5 heteroatoms. The van der Waals surface area contributed by atoms with Crippen LogP contribution in [0.2, 0.25) is 0 Å². The molecule has 2 rings (SSSR count). The van der Waals surface area contributed by atoms with E-state index in [2.05, 4.69) is 5.32 Å². The van der Waals surface area contributed by atoms with E-state index in [4.69, 9.17) is 10.5 Å². The normalized spacial score (nSPS) is 11.8. The summed E-state index contributed by atoms with van der Waals surface area (Å²) in [7, 11) is 1.46. The summed E-state index contributed by atoms with van der Waals surface area (Å²) in [5.74, 6) is -0.314. The Hall–Kier alpha value is -2.56. The maximum absolute atomic E-state index is 13.7. The Morgan fingerprint density at radius 2 is 2.00 bits per heavy atom. The highest BCUT2D eigenvalue weighted by Gasteiger charge is 2.17. The van der Waals surface area contributed by atoms with Gasteiger partial charge in [-0.2, -0.15) is 0 Å². The average Bonchev–Trinajstić information content (AvgIpc) is 2.47. The summed E-state index contributed by atoms with van der Waals surface area (Å²) in [6, 6.07) is 10.6. The second-order valence-corrected chi connectivity index (χ2v) is 4.68. The van der Waals surface area contributed by atoms with Crippen LogP contribution in [0, 0.1) is 5.82 Å². The van der Waals surface area contributed by atoms with Gasteiger partial charge in [-0.05, 0) is 25.1 Å². The zero-order chi connectivity index (χ0) is 15.4. The average molecular weight is 288 g/mol. The van der Waals surface area contributed by atoms with Crippen LogP contribution < -0.4 is 15.8 Å². The molecule has 0 aromatic heterocycles. The molecule has 0 saturated carbocycles. The van der Waals surface area contributed by atoms with Crippen molar-refractivity contribution in [3.05, 3.63) is 59.4 Å². The molecule has 0 saturated heterocycles. The third-order valence-corrected chi connectivity index (χ3v) is 3.19. The van der Waals surface area contributed by atoms with Crippen LogP contribution in [0.4, 0.5) is 10.1 Å². The van der Waals surface area contributed by atoms with Crippen LogP contribution in [0.15, 0.2) is 42.5 Å². The van der Waals surface area contributed by atoms with E-state index in [1.165, 1.54) is 13.2 Å². The van der Waals surface area contributed by atoms with Gasteiger partial charge in [-0.25, -0.2) is 4.39 Å². The Balaban J connectivity index is 2.20. The summed E-state index contributed by atoms with van der Waals surface area (Å²) in [4.78, 5) is 12.3. The minimum Gasteiger partial charge on any atom is -0.496 e. The highest BCUT2D eigenvalue weighted by atomic mass is 19.1. The third-order valence-electron chi connectivity index (χ3n) is 3.19. The zero-order valence-electron chi connectivity index (χ0n) is 11.9. The van der Waals surface area contributed by atoms with Crippen molar-refractivity contribution in [3.8, 4) is 5.75 Å². The summed E-state index contributed by atoms with van der Waals surface area (Å²) in [6.45, 7) is 1.72. The van der Waals surface area contributed by atoms with E-state index in [-0.39, 0.29) is 11.7 Å². The highest BCUT2D eigenvalue weighted by Crippen LogP contribution is 2.23. The van der Waals surface area contributed by atoms with Crippen molar-refractivity contribution < 1.29 is 13.9 Å². The van der Waals surface area contributed by atoms with Crippen molar-refractivity contribution in [1.82, 2.24) is 5.32 Å². The monoisotopic (exact) mass is 288 g/mol. The number of amides is 1. The Morgan fingerprint density at radius 1 is 1.29 bits per heavy atom. The van der Waals surface area contributed by atoms with Gasteiger partial charge in [-0.3, -0.25) is 4.79 Å². The van der Waals surface area contributed by atoms with E-state index < -0.39 is 6.04 Å². The Bertz CT molecular complexity index is 658. The molecular formula is C16H17FN2O2. The second kappa shape index (κ2) is 6.26. The standard InChI is InChI=1S/C16H17FN2O2/c1-10(12-5-3-4-6-14(12)17)19-16(20)13-8-7-11(18)9-15(13)21-2/h3-10H,18H2,1-2H3,(H,19,20). The maximum Gasteiger partial charge on any atom is 0.255 e. The summed E-state index contributed by atoms with van der Waals surface area (Å²) in [6.07, 6.45) is 0. The van der Waals surface area contributed by atoms with E-state index in [1.807, 2.05) is 0 Å². The minimum atomic E-state index is -0.457. The lowest BCUT2D eigenvalue weighted by Crippen LogP contribution is -2.27. The summed E-state index contributed by atoms with van der Waals surface area (Å²) >= 11 is 0. The molecule has 0 aliphatic carbocycles. The number of nitrogens with one attached hydrogen (secondary N) is 1. The molecule has 21 heavy (non-hydrogen) atoms. The number of hydrogen-bond acceptors (Lipinski definition) is 3. The minimum absolute atomic E-state index is 0.345. The number of nitrogens with two attached hydrogens (primary N) is 1. The van der Waals surface area contributed by atoms with Crippen molar-refractivity contribution in [2.75, 3.05) is 12.8 Å². The van der Waals surface area contributed by atoms with Gasteiger partial charge in [0.2, 0.25) is 0 Å². The fourth-order valence-corrected chi connectivity index (χ4v) is 2.07. The molecule has 1 amide bonds. The first-order valence-electron chi connectivity index (χ1n) is 6.51. The molecule has 110 valence electrons. The van der Waals surface area contributed by atoms with Crippen molar-refractivity contribution in [3.63, 3.8) is 0 Å². The molecular weight excluding hydrogens is 271 g/mol. The zero-order valence-corrected chi connectivity index (χ0v) is 11.9. The number of rotatable bonds is 4. The van der Waals surface area contributed by atoms with Crippen LogP contribution in [0.5, 0.6) is 5.75 Å². The van der Waals surface area contributed by atoms with Crippen molar-refractivity contribution >= 4 is 11.6 Å². The SMILES string of the molecule is COc1cc(N)ccc1C(=O)NC(C)c1ccccc1F. The molecule has 1 atom stereocenters. The largest absolute Gasteiger partial charge is 0.496 e. The number of halogens is 1. The molecule has 3 N–H and O–H groups in total. The summed E-state index contributed by atoms with van der Waals surface area (Å²) in [5.41, 5.74) is 6.95. The van der Waals surface area contributed by atoms with E-state index in [9.17, 15) is 9.18 Å². The number of methoxy groups -OCH3 is 1. The van der Waals surface area contributed by atoms with Crippen LogP contribution >= 0.6 is 0 Å². The number of nitrogen functional groups attached to an aromatic ring is 1. The molecule has 0 aliphatic heterocycles. The Kier molecular flexibility index (Phi) is 4.42. The van der Waals surface area contributed by atoms with Gasteiger partial charge < -0.3 is 15.8 Å². The van der Waals surface area contributed by atoms with Crippen molar-refractivity contribution in [2.24, 2.45) is 0 Å². The smallest absolute Gasteiger partial charge is 0.255 e. The fourth-order valence-electron chi connectivity index (χ4n) is 2.07.